The number of aliphatic imine (C=N–C) groups is 2. The highest BCUT2D eigenvalue weighted by molar-refractivity contribution is 7.96. The molecule has 8 nitrogen and oxygen atoms in total. The van der Waals surface area contributed by atoms with Crippen molar-refractivity contribution in [3.8, 4) is 0 Å². The Hall–Kier alpha value is -4.24. The summed E-state index contributed by atoms with van der Waals surface area (Å²) in [5.41, 5.74) is 3.55. The van der Waals surface area contributed by atoms with Crippen molar-refractivity contribution in [3.63, 3.8) is 0 Å². The van der Waals surface area contributed by atoms with Crippen LogP contribution < -0.4 is 4.72 Å². The molecule has 38 heavy (non-hydrogen) atoms. The van der Waals surface area contributed by atoms with Crippen LogP contribution in [0.15, 0.2) is 107 Å². The summed E-state index contributed by atoms with van der Waals surface area (Å²) in [7, 11) is -4.01. The van der Waals surface area contributed by atoms with Crippen LogP contribution >= 0.6 is 0 Å². The molecule has 0 aromatic heterocycles. The van der Waals surface area contributed by atoms with Gasteiger partial charge in [-0.15, -0.1) is 0 Å². The number of rotatable bonds is 12. The number of sulfonamides is 1. The number of piperazine rings is 1. The van der Waals surface area contributed by atoms with Gasteiger partial charge < -0.3 is 9.80 Å². The number of aryl methyl sites for hydroxylation is 1. The fourth-order valence-corrected chi connectivity index (χ4v) is 5.14. The van der Waals surface area contributed by atoms with Crippen LogP contribution in [0.1, 0.15) is 18.1 Å². The van der Waals surface area contributed by atoms with E-state index in [0.29, 0.717) is 43.0 Å². The Morgan fingerprint density at radius 1 is 1.05 bits per heavy atom. The Kier molecular flexibility index (Phi) is 10.5. The molecule has 0 unspecified atom stereocenters. The van der Waals surface area contributed by atoms with Crippen LogP contribution in [-0.2, 0) is 14.8 Å². The number of nitrogens with one attached hydrogen (secondary N) is 1. The summed E-state index contributed by atoms with van der Waals surface area (Å²) in [6.07, 6.45) is 7.21. The van der Waals surface area contributed by atoms with E-state index >= 15 is 0 Å². The van der Waals surface area contributed by atoms with Gasteiger partial charge in [-0.1, -0.05) is 51.1 Å². The Balaban J connectivity index is 2.21. The number of amides is 1. The zero-order chi connectivity index (χ0) is 28.5. The molecule has 1 aromatic carbocycles. The first-order valence-electron chi connectivity index (χ1n) is 11.9. The molecule has 0 spiro atoms. The molecule has 1 aliphatic rings. The number of hydrogen-bond acceptors (Lipinski definition) is 6. The monoisotopic (exact) mass is 533 g/mol. The third kappa shape index (κ3) is 6.95. The molecule has 1 aromatic rings. The van der Waals surface area contributed by atoms with Gasteiger partial charge in [-0.3, -0.25) is 19.5 Å². The minimum absolute atomic E-state index is 0.0986. The normalized spacial score (nSPS) is 14.9. The van der Waals surface area contributed by atoms with Crippen molar-refractivity contribution in [1.82, 2.24) is 9.80 Å². The second kappa shape index (κ2) is 13.3. The second-order valence-corrected chi connectivity index (χ2v) is 9.99. The number of anilines is 1. The van der Waals surface area contributed by atoms with E-state index in [4.69, 9.17) is 0 Å². The van der Waals surface area contributed by atoms with Crippen LogP contribution in [0.2, 0.25) is 0 Å². The van der Waals surface area contributed by atoms with Gasteiger partial charge in [-0.2, -0.15) is 0 Å². The molecular formula is C29H35N5O3S. The lowest BCUT2D eigenvalue weighted by Gasteiger charge is -2.37. The van der Waals surface area contributed by atoms with Crippen molar-refractivity contribution < 1.29 is 13.2 Å². The van der Waals surface area contributed by atoms with E-state index in [1.54, 1.807) is 24.0 Å². The number of hydrogen-bond donors (Lipinski definition) is 1. The summed E-state index contributed by atoms with van der Waals surface area (Å²) in [6.45, 7) is 28.1. The molecule has 9 heteroatoms. The van der Waals surface area contributed by atoms with Crippen molar-refractivity contribution in [2.75, 3.05) is 30.9 Å². The third-order valence-electron chi connectivity index (χ3n) is 5.93. The quantitative estimate of drug-likeness (QED) is 0.236. The smallest absolute Gasteiger partial charge is 0.272 e. The molecule has 1 aliphatic heterocycles. The average Bonchev–Trinajstić information content (AvgIpc) is 2.91. The molecule has 1 amide bonds. The number of benzene rings is 1. The lowest BCUT2D eigenvalue weighted by Crippen LogP contribution is -2.48. The highest BCUT2D eigenvalue weighted by atomic mass is 32.2. The van der Waals surface area contributed by atoms with Crippen molar-refractivity contribution in [2.24, 2.45) is 9.98 Å². The molecule has 0 saturated carbocycles. The maximum atomic E-state index is 13.2. The Morgan fingerprint density at radius 3 is 2.18 bits per heavy atom. The van der Waals surface area contributed by atoms with Crippen molar-refractivity contribution in [3.05, 3.63) is 108 Å². The van der Waals surface area contributed by atoms with Gasteiger partial charge in [0.25, 0.3) is 15.9 Å². The molecule has 0 radical (unpaired) electrons. The van der Waals surface area contributed by atoms with Gasteiger partial charge in [0.05, 0.1) is 11.4 Å². The summed E-state index contributed by atoms with van der Waals surface area (Å²) in [5, 5.41) is 0. The number of allylic oxidation sites excluding steroid dienone is 4. The lowest BCUT2D eigenvalue weighted by molar-refractivity contribution is -0.128. The predicted octanol–water partition coefficient (Wildman–Crippen LogP) is 4.85. The van der Waals surface area contributed by atoms with Gasteiger partial charge >= 0.3 is 0 Å². The lowest BCUT2D eigenvalue weighted by atomic mass is 10.1. The molecule has 0 aliphatic carbocycles. The standard InChI is InChI=1S/C29H35N5O3S/c1-9-13-26(30-8)29(35)34-18-16-33(17-19-34)23(7)24-14-15-25(22(6)20-24)32-38(36,37)27(11-3)28(31-12-4)21(5)10-2/h9-15,20,32H,1-3,5,7-8,16-19H2,4,6H3/b26-13-,28-27-,31-12-. The van der Waals surface area contributed by atoms with Crippen LogP contribution in [0.5, 0.6) is 0 Å². The van der Waals surface area contributed by atoms with Gasteiger partial charge in [-0.25, -0.2) is 8.42 Å². The number of carbonyl (C=O) groups is 1. The minimum atomic E-state index is -4.01. The zero-order valence-electron chi connectivity index (χ0n) is 22.1. The molecule has 1 fully saturated rings. The van der Waals surface area contributed by atoms with Crippen LogP contribution in [0, 0.1) is 6.92 Å². The van der Waals surface area contributed by atoms with Crippen LogP contribution in [-0.4, -0.2) is 63.2 Å². The molecule has 1 saturated heterocycles. The number of carbonyl (C=O) groups excluding carboxylic acids is 1. The van der Waals surface area contributed by atoms with E-state index in [-0.39, 0.29) is 22.2 Å². The zero-order valence-corrected chi connectivity index (χ0v) is 22.9. The fourth-order valence-electron chi connectivity index (χ4n) is 3.85. The average molecular weight is 534 g/mol. The third-order valence-corrected chi connectivity index (χ3v) is 7.36. The van der Waals surface area contributed by atoms with Gasteiger partial charge in [0.2, 0.25) is 0 Å². The summed E-state index contributed by atoms with van der Waals surface area (Å²) in [4.78, 5) is 24.3. The molecule has 0 bridgehead atoms. The SMILES string of the molecule is C=C/C=C(\N=C)C(=O)N1CCN(C(=C)c2ccc(NS(=O)(=O)/C(C=C)=C(\N=C/C)C(=C)C=C)c(C)c2)CC1. The van der Waals surface area contributed by atoms with Crippen LogP contribution in [0.25, 0.3) is 5.70 Å². The topological polar surface area (TPSA) is 94.4 Å². The van der Waals surface area contributed by atoms with Crippen molar-refractivity contribution >= 4 is 40.2 Å². The van der Waals surface area contributed by atoms with Crippen molar-refractivity contribution in [1.29, 1.82) is 0 Å². The predicted molar refractivity (Wildman–Crippen MR) is 159 cm³/mol. The molecule has 200 valence electrons. The second-order valence-electron chi connectivity index (χ2n) is 8.34. The Morgan fingerprint density at radius 2 is 1.68 bits per heavy atom. The van der Waals surface area contributed by atoms with E-state index in [1.165, 1.54) is 24.4 Å². The fraction of sp³-hybridized carbons (Fsp3) is 0.207. The molecule has 2 rings (SSSR count). The van der Waals surface area contributed by atoms with Gasteiger partial charge in [0.1, 0.15) is 10.6 Å². The molecule has 1 heterocycles. The summed E-state index contributed by atoms with van der Waals surface area (Å²) >= 11 is 0. The summed E-state index contributed by atoms with van der Waals surface area (Å²) in [5.74, 6) is -0.185. The highest BCUT2D eigenvalue weighted by Crippen LogP contribution is 2.28. The van der Waals surface area contributed by atoms with Crippen molar-refractivity contribution in [2.45, 2.75) is 13.8 Å². The summed E-state index contributed by atoms with van der Waals surface area (Å²) in [6, 6.07) is 5.37. The maximum Gasteiger partial charge on any atom is 0.272 e. The molecular weight excluding hydrogens is 498 g/mol. The van der Waals surface area contributed by atoms with Gasteiger partial charge in [0.15, 0.2) is 0 Å². The first-order valence-corrected chi connectivity index (χ1v) is 13.4. The number of nitrogens with zero attached hydrogens (tertiary/aromatic N) is 4. The van der Waals surface area contributed by atoms with E-state index < -0.39 is 10.0 Å². The van der Waals surface area contributed by atoms with E-state index in [0.717, 1.165) is 11.3 Å². The first-order chi connectivity index (χ1) is 18.0. The van der Waals surface area contributed by atoms with Gasteiger partial charge in [0, 0.05) is 38.1 Å². The highest BCUT2D eigenvalue weighted by Gasteiger charge is 2.25. The Bertz CT molecular complexity index is 1360. The summed E-state index contributed by atoms with van der Waals surface area (Å²) < 4.78 is 29.1. The van der Waals surface area contributed by atoms with Crippen LogP contribution in [0.3, 0.4) is 0 Å². The Labute approximate surface area is 226 Å². The van der Waals surface area contributed by atoms with E-state index in [1.807, 2.05) is 19.1 Å². The van der Waals surface area contributed by atoms with E-state index in [2.05, 4.69) is 59.2 Å². The molecule has 0 atom stereocenters. The first kappa shape index (κ1) is 30.0. The maximum absolute atomic E-state index is 13.2. The minimum Gasteiger partial charge on any atom is -0.368 e. The van der Waals surface area contributed by atoms with Crippen LogP contribution in [0.4, 0.5) is 5.69 Å². The molecule has 1 N–H and O–H groups in total. The largest absolute Gasteiger partial charge is 0.368 e. The van der Waals surface area contributed by atoms with Gasteiger partial charge in [-0.05, 0) is 61.5 Å². The van der Waals surface area contributed by atoms with E-state index in [9.17, 15) is 13.2 Å².